The molecule has 0 unspecified atom stereocenters. The highest BCUT2D eigenvalue weighted by atomic mass is 16.5. The third-order valence-corrected chi connectivity index (χ3v) is 3.28. The molecule has 1 heterocycles. The highest BCUT2D eigenvalue weighted by Crippen LogP contribution is 2.44. The minimum atomic E-state index is 0.166. The molecule has 2 N–H and O–H groups in total. The van der Waals surface area contributed by atoms with Gasteiger partial charge in [0.1, 0.15) is 5.76 Å². The first-order valence-corrected chi connectivity index (χ1v) is 5.40. The molecule has 2 rings (SSSR count). The van der Waals surface area contributed by atoms with E-state index in [-0.39, 0.29) is 5.41 Å². The van der Waals surface area contributed by atoms with Gasteiger partial charge in [-0.1, -0.05) is 5.16 Å². The van der Waals surface area contributed by atoms with Gasteiger partial charge in [0.05, 0.1) is 5.69 Å². The molecule has 4 heteroatoms. The Morgan fingerprint density at radius 1 is 1.47 bits per heavy atom. The van der Waals surface area contributed by atoms with Crippen LogP contribution in [0.25, 0.3) is 0 Å². The zero-order valence-electron chi connectivity index (χ0n) is 9.34. The third-order valence-electron chi connectivity index (χ3n) is 3.28. The van der Waals surface area contributed by atoms with Crippen molar-refractivity contribution in [2.45, 2.75) is 33.2 Å². The topological polar surface area (TPSA) is 58.3 Å². The molecular formula is C11H18N2O2. The van der Waals surface area contributed by atoms with Crippen molar-refractivity contribution in [3.63, 3.8) is 0 Å². The number of nitrogens with one attached hydrogen (secondary N) is 1. The second kappa shape index (κ2) is 3.94. The van der Waals surface area contributed by atoms with Crippen molar-refractivity contribution in [1.29, 1.82) is 0 Å². The van der Waals surface area contributed by atoms with Gasteiger partial charge in [-0.15, -0.1) is 0 Å². The summed E-state index contributed by atoms with van der Waals surface area (Å²) in [7, 11) is 0. The van der Waals surface area contributed by atoms with Crippen molar-refractivity contribution < 1.29 is 9.63 Å². The van der Waals surface area contributed by atoms with E-state index in [1.165, 1.54) is 0 Å². The maximum atomic E-state index is 9.15. The van der Waals surface area contributed by atoms with Gasteiger partial charge in [-0.05, 0) is 26.7 Å². The van der Waals surface area contributed by atoms with Gasteiger partial charge in [0, 0.05) is 30.7 Å². The van der Waals surface area contributed by atoms with E-state index in [4.69, 9.17) is 9.63 Å². The summed E-state index contributed by atoms with van der Waals surface area (Å²) in [5.74, 6) is 0.883. The molecule has 0 saturated heterocycles. The zero-order chi connectivity index (χ0) is 10.9. The first kappa shape index (κ1) is 10.6. The largest absolute Gasteiger partial charge is 0.396 e. The lowest BCUT2D eigenvalue weighted by molar-refractivity contribution is 0.207. The number of aliphatic hydroxyl groups excluding tert-OH is 1. The summed E-state index contributed by atoms with van der Waals surface area (Å²) in [5, 5.41) is 16.4. The van der Waals surface area contributed by atoms with Crippen LogP contribution in [0.15, 0.2) is 4.52 Å². The molecule has 0 aromatic carbocycles. The lowest BCUT2D eigenvalue weighted by Gasteiger charge is -2.12. The molecule has 1 saturated carbocycles. The molecule has 0 amide bonds. The number of hydrogen-bond donors (Lipinski definition) is 2. The van der Waals surface area contributed by atoms with E-state index in [0.29, 0.717) is 6.61 Å². The van der Waals surface area contributed by atoms with Gasteiger partial charge in [0.2, 0.25) is 0 Å². The standard InChI is InChI=1S/C11H18N2O2/c1-8-10(9(2)15-13-8)5-12-6-11(7-14)3-4-11/h12,14H,3-7H2,1-2H3. The van der Waals surface area contributed by atoms with Crippen LogP contribution in [0.5, 0.6) is 0 Å². The van der Waals surface area contributed by atoms with E-state index in [2.05, 4.69) is 10.5 Å². The van der Waals surface area contributed by atoms with Crippen LogP contribution in [0.1, 0.15) is 29.9 Å². The second-order valence-electron chi connectivity index (χ2n) is 4.56. The summed E-state index contributed by atoms with van der Waals surface area (Å²) >= 11 is 0. The van der Waals surface area contributed by atoms with Crippen molar-refractivity contribution in [2.75, 3.05) is 13.2 Å². The van der Waals surface area contributed by atoms with Crippen molar-refractivity contribution in [2.24, 2.45) is 5.41 Å². The van der Waals surface area contributed by atoms with E-state index >= 15 is 0 Å². The number of aliphatic hydroxyl groups is 1. The molecule has 1 aromatic rings. The average Bonchev–Trinajstić information content (AvgIpc) is 2.95. The highest BCUT2D eigenvalue weighted by Gasteiger charge is 2.41. The Balaban J connectivity index is 1.83. The number of aromatic nitrogens is 1. The Morgan fingerprint density at radius 3 is 2.67 bits per heavy atom. The van der Waals surface area contributed by atoms with Crippen LogP contribution in [-0.2, 0) is 6.54 Å². The molecule has 84 valence electrons. The van der Waals surface area contributed by atoms with Gasteiger partial charge in [-0.25, -0.2) is 0 Å². The second-order valence-corrected chi connectivity index (χ2v) is 4.56. The molecule has 1 fully saturated rings. The lowest BCUT2D eigenvalue weighted by atomic mass is 10.1. The Labute approximate surface area is 89.7 Å². The van der Waals surface area contributed by atoms with Crippen LogP contribution in [0, 0.1) is 19.3 Å². The van der Waals surface area contributed by atoms with E-state index in [0.717, 1.165) is 42.9 Å². The summed E-state index contributed by atoms with van der Waals surface area (Å²) < 4.78 is 5.08. The predicted octanol–water partition coefficient (Wildman–Crippen LogP) is 1.15. The number of nitrogens with zero attached hydrogens (tertiary/aromatic N) is 1. The van der Waals surface area contributed by atoms with Crippen molar-refractivity contribution in [1.82, 2.24) is 10.5 Å². The summed E-state index contributed by atoms with van der Waals surface area (Å²) in [6.07, 6.45) is 2.27. The Morgan fingerprint density at radius 2 is 2.20 bits per heavy atom. The minimum absolute atomic E-state index is 0.166. The van der Waals surface area contributed by atoms with Gasteiger partial charge in [-0.3, -0.25) is 0 Å². The van der Waals surface area contributed by atoms with Gasteiger partial charge < -0.3 is 14.9 Å². The van der Waals surface area contributed by atoms with E-state index in [9.17, 15) is 0 Å². The van der Waals surface area contributed by atoms with Crippen molar-refractivity contribution in [3.8, 4) is 0 Å². The fourth-order valence-electron chi connectivity index (χ4n) is 1.77. The van der Waals surface area contributed by atoms with Crippen LogP contribution in [0.3, 0.4) is 0 Å². The molecular weight excluding hydrogens is 192 g/mol. The van der Waals surface area contributed by atoms with Crippen molar-refractivity contribution in [3.05, 3.63) is 17.0 Å². The number of aryl methyl sites for hydroxylation is 2. The van der Waals surface area contributed by atoms with Crippen LogP contribution < -0.4 is 5.32 Å². The molecule has 15 heavy (non-hydrogen) atoms. The van der Waals surface area contributed by atoms with E-state index in [1.807, 2.05) is 13.8 Å². The first-order chi connectivity index (χ1) is 7.17. The predicted molar refractivity (Wildman–Crippen MR) is 56.4 cm³/mol. The van der Waals surface area contributed by atoms with Crippen molar-refractivity contribution >= 4 is 0 Å². The normalized spacial score (nSPS) is 18.1. The first-order valence-electron chi connectivity index (χ1n) is 5.40. The quantitative estimate of drug-likeness (QED) is 0.765. The van der Waals surface area contributed by atoms with E-state index < -0.39 is 0 Å². The molecule has 0 spiro atoms. The fourth-order valence-corrected chi connectivity index (χ4v) is 1.77. The van der Waals surface area contributed by atoms with Crippen LogP contribution >= 0.6 is 0 Å². The molecule has 0 aliphatic heterocycles. The van der Waals surface area contributed by atoms with Gasteiger partial charge in [0.25, 0.3) is 0 Å². The summed E-state index contributed by atoms with van der Waals surface area (Å²) in [4.78, 5) is 0. The maximum absolute atomic E-state index is 9.15. The fraction of sp³-hybridized carbons (Fsp3) is 0.727. The molecule has 4 nitrogen and oxygen atoms in total. The smallest absolute Gasteiger partial charge is 0.138 e. The maximum Gasteiger partial charge on any atom is 0.138 e. The van der Waals surface area contributed by atoms with Crippen LogP contribution in [-0.4, -0.2) is 23.4 Å². The van der Waals surface area contributed by atoms with E-state index in [1.54, 1.807) is 0 Å². The molecule has 0 bridgehead atoms. The SMILES string of the molecule is Cc1noc(C)c1CNCC1(CO)CC1. The van der Waals surface area contributed by atoms with Crippen LogP contribution in [0.2, 0.25) is 0 Å². The Bertz CT molecular complexity index is 323. The lowest BCUT2D eigenvalue weighted by Crippen LogP contribution is -2.26. The molecule has 1 aromatic heterocycles. The highest BCUT2D eigenvalue weighted by molar-refractivity contribution is 5.20. The summed E-state index contributed by atoms with van der Waals surface area (Å²) in [5.41, 5.74) is 2.26. The van der Waals surface area contributed by atoms with Crippen LogP contribution in [0.4, 0.5) is 0 Å². The third kappa shape index (κ3) is 2.21. The number of hydrogen-bond acceptors (Lipinski definition) is 4. The molecule has 1 aliphatic rings. The summed E-state index contributed by atoms with van der Waals surface area (Å²) in [6.45, 7) is 5.83. The molecule has 0 atom stereocenters. The van der Waals surface area contributed by atoms with Gasteiger partial charge in [0.15, 0.2) is 0 Å². The van der Waals surface area contributed by atoms with Gasteiger partial charge >= 0.3 is 0 Å². The minimum Gasteiger partial charge on any atom is -0.396 e. The zero-order valence-corrected chi connectivity index (χ0v) is 9.34. The number of rotatable bonds is 5. The Hall–Kier alpha value is -0.870. The monoisotopic (exact) mass is 210 g/mol. The van der Waals surface area contributed by atoms with Gasteiger partial charge in [-0.2, -0.15) is 0 Å². The summed E-state index contributed by atoms with van der Waals surface area (Å²) in [6, 6.07) is 0. The molecule has 0 radical (unpaired) electrons. The Kier molecular flexibility index (Phi) is 2.80. The average molecular weight is 210 g/mol. The molecule has 1 aliphatic carbocycles.